The van der Waals surface area contributed by atoms with E-state index in [9.17, 15) is 0 Å². The van der Waals surface area contributed by atoms with Crippen molar-refractivity contribution in [1.29, 1.82) is 0 Å². The first-order chi connectivity index (χ1) is 8.79. The standard InChI is InChI=1S/C14H23BrN2O/c1-2-8-17(10-12-5-3-4-7-16-12)11-14-13(15)6-9-18-14/h6,9,12,16H,2-5,7-8,10-11H2,1H3. The van der Waals surface area contributed by atoms with Gasteiger partial charge in [0.1, 0.15) is 5.76 Å². The third-order valence-corrected chi connectivity index (χ3v) is 4.20. The Bertz CT molecular complexity index is 347. The molecule has 0 radical (unpaired) electrons. The van der Waals surface area contributed by atoms with E-state index in [1.807, 2.05) is 6.07 Å². The summed E-state index contributed by atoms with van der Waals surface area (Å²) in [5.74, 6) is 1.04. The lowest BCUT2D eigenvalue weighted by atomic mass is 10.0. The van der Waals surface area contributed by atoms with E-state index < -0.39 is 0 Å². The van der Waals surface area contributed by atoms with Crippen molar-refractivity contribution in [3.05, 3.63) is 22.6 Å². The van der Waals surface area contributed by atoms with E-state index in [0.29, 0.717) is 6.04 Å². The minimum Gasteiger partial charge on any atom is -0.467 e. The molecule has 1 N–H and O–H groups in total. The van der Waals surface area contributed by atoms with Gasteiger partial charge in [-0.2, -0.15) is 0 Å². The summed E-state index contributed by atoms with van der Waals surface area (Å²) in [5, 5.41) is 3.62. The van der Waals surface area contributed by atoms with Crippen LogP contribution in [0.5, 0.6) is 0 Å². The van der Waals surface area contributed by atoms with Gasteiger partial charge >= 0.3 is 0 Å². The fourth-order valence-electron chi connectivity index (χ4n) is 2.58. The van der Waals surface area contributed by atoms with Crippen molar-refractivity contribution in [2.24, 2.45) is 0 Å². The molecule has 4 heteroatoms. The molecule has 0 spiro atoms. The summed E-state index contributed by atoms with van der Waals surface area (Å²) in [4.78, 5) is 2.49. The molecular formula is C14H23BrN2O. The van der Waals surface area contributed by atoms with Crippen LogP contribution >= 0.6 is 15.9 Å². The number of piperidine rings is 1. The van der Waals surface area contributed by atoms with Crippen LogP contribution in [-0.4, -0.2) is 30.6 Å². The third-order valence-electron chi connectivity index (χ3n) is 3.49. The molecule has 0 aromatic carbocycles. The SMILES string of the molecule is CCCN(Cc1occc1Br)CC1CCCCN1. The average Bonchev–Trinajstić information content (AvgIpc) is 2.77. The maximum atomic E-state index is 5.52. The molecule has 0 saturated carbocycles. The molecule has 1 saturated heterocycles. The van der Waals surface area contributed by atoms with Crippen molar-refractivity contribution in [2.45, 2.75) is 45.2 Å². The van der Waals surface area contributed by atoms with Crippen molar-refractivity contribution >= 4 is 15.9 Å². The highest BCUT2D eigenvalue weighted by Crippen LogP contribution is 2.20. The molecule has 2 rings (SSSR count). The van der Waals surface area contributed by atoms with Gasteiger partial charge in [-0.3, -0.25) is 4.90 Å². The second-order valence-corrected chi connectivity index (χ2v) is 5.93. The largest absolute Gasteiger partial charge is 0.467 e. The summed E-state index contributed by atoms with van der Waals surface area (Å²) in [6, 6.07) is 2.62. The van der Waals surface area contributed by atoms with Crippen molar-refractivity contribution in [3.8, 4) is 0 Å². The maximum absolute atomic E-state index is 5.52. The molecule has 1 aromatic rings. The smallest absolute Gasteiger partial charge is 0.131 e. The average molecular weight is 315 g/mol. The van der Waals surface area contributed by atoms with Gasteiger partial charge in [0.2, 0.25) is 0 Å². The summed E-state index contributed by atoms with van der Waals surface area (Å²) in [5.41, 5.74) is 0. The van der Waals surface area contributed by atoms with Gasteiger partial charge in [-0.25, -0.2) is 0 Å². The Kier molecular flexibility index (Phi) is 5.73. The van der Waals surface area contributed by atoms with Crippen LogP contribution < -0.4 is 5.32 Å². The number of hydrogen-bond donors (Lipinski definition) is 1. The monoisotopic (exact) mass is 314 g/mol. The van der Waals surface area contributed by atoms with E-state index in [-0.39, 0.29) is 0 Å². The van der Waals surface area contributed by atoms with Crippen molar-refractivity contribution < 1.29 is 4.42 Å². The molecule has 0 aliphatic carbocycles. The summed E-state index contributed by atoms with van der Waals surface area (Å²) < 4.78 is 6.60. The topological polar surface area (TPSA) is 28.4 Å². The number of nitrogens with one attached hydrogen (secondary N) is 1. The zero-order chi connectivity index (χ0) is 12.8. The number of furan rings is 1. The molecule has 0 bridgehead atoms. The van der Waals surface area contributed by atoms with Crippen LogP contribution in [0.1, 0.15) is 38.4 Å². The van der Waals surface area contributed by atoms with Crippen LogP contribution in [-0.2, 0) is 6.54 Å². The van der Waals surface area contributed by atoms with Gasteiger partial charge in [0, 0.05) is 12.6 Å². The fraction of sp³-hybridized carbons (Fsp3) is 0.714. The Labute approximate surface area is 118 Å². The second-order valence-electron chi connectivity index (χ2n) is 5.07. The van der Waals surface area contributed by atoms with E-state index in [0.717, 1.165) is 29.9 Å². The minimum atomic E-state index is 0.652. The first-order valence-electron chi connectivity index (χ1n) is 6.97. The molecule has 1 fully saturated rings. The Balaban J connectivity index is 1.88. The van der Waals surface area contributed by atoms with E-state index in [2.05, 4.69) is 33.1 Å². The van der Waals surface area contributed by atoms with E-state index >= 15 is 0 Å². The van der Waals surface area contributed by atoms with Crippen molar-refractivity contribution in [1.82, 2.24) is 10.2 Å². The summed E-state index contributed by atoms with van der Waals surface area (Å²) in [6.07, 6.45) is 6.93. The zero-order valence-corrected chi connectivity index (χ0v) is 12.7. The lowest BCUT2D eigenvalue weighted by Crippen LogP contribution is -2.43. The van der Waals surface area contributed by atoms with E-state index in [1.165, 1.54) is 32.2 Å². The minimum absolute atomic E-state index is 0.652. The van der Waals surface area contributed by atoms with Crippen LogP contribution in [0.2, 0.25) is 0 Å². The first kappa shape index (κ1) is 14.1. The fourth-order valence-corrected chi connectivity index (χ4v) is 2.91. The Morgan fingerprint density at radius 2 is 2.39 bits per heavy atom. The molecule has 1 atom stereocenters. The highest BCUT2D eigenvalue weighted by atomic mass is 79.9. The van der Waals surface area contributed by atoms with Crippen molar-refractivity contribution in [3.63, 3.8) is 0 Å². The molecule has 102 valence electrons. The zero-order valence-electron chi connectivity index (χ0n) is 11.1. The predicted octanol–water partition coefficient (Wildman–Crippen LogP) is 3.40. The molecule has 1 aromatic heterocycles. The van der Waals surface area contributed by atoms with Gasteiger partial charge in [0.15, 0.2) is 0 Å². The van der Waals surface area contributed by atoms with Gasteiger partial charge in [0.25, 0.3) is 0 Å². The maximum Gasteiger partial charge on any atom is 0.131 e. The molecule has 1 unspecified atom stereocenters. The number of nitrogens with zero attached hydrogens (tertiary/aromatic N) is 1. The van der Waals surface area contributed by atoms with Crippen LogP contribution in [0.4, 0.5) is 0 Å². The highest BCUT2D eigenvalue weighted by Gasteiger charge is 2.17. The van der Waals surface area contributed by atoms with Crippen LogP contribution in [0, 0.1) is 0 Å². The second kappa shape index (κ2) is 7.31. The molecule has 3 nitrogen and oxygen atoms in total. The van der Waals surface area contributed by atoms with Crippen LogP contribution in [0.15, 0.2) is 21.2 Å². The van der Waals surface area contributed by atoms with Gasteiger partial charge < -0.3 is 9.73 Å². The van der Waals surface area contributed by atoms with E-state index in [1.54, 1.807) is 6.26 Å². The Morgan fingerprint density at radius 3 is 3.00 bits per heavy atom. The molecule has 1 aliphatic rings. The van der Waals surface area contributed by atoms with Gasteiger partial charge in [0.05, 0.1) is 17.3 Å². The number of halogens is 1. The normalized spacial score (nSPS) is 20.5. The molecule has 18 heavy (non-hydrogen) atoms. The predicted molar refractivity (Wildman–Crippen MR) is 77.6 cm³/mol. The number of hydrogen-bond acceptors (Lipinski definition) is 3. The first-order valence-corrected chi connectivity index (χ1v) is 7.76. The number of rotatable bonds is 6. The Morgan fingerprint density at radius 1 is 1.50 bits per heavy atom. The van der Waals surface area contributed by atoms with Crippen LogP contribution in [0.3, 0.4) is 0 Å². The van der Waals surface area contributed by atoms with Crippen LogP contribution in [0.25, 0.3) is 0 Å². The third kappa shape index (κ3) is 4.11. The molecule has 0 amide bonds. The quantitative estimate of drug-likeness (QED) is 0.872. The lowest BCUT2D eigenvalue weighted by molar-refractivity contribution is 0.203. The lowest BCUT2D eigenvalue weighted by Gasteiger charge is -2.30. The summed E-state index contributed by atoms with van der Waals surface area (Å²) >= 11 is 3.54. The molecule has 1 aliphatic heterocycles. The summed E-state index contributed by atoms with van der Waals surface area (Å²) in [7, 11) is 0. The highest BCUT2D eigenvalue weighted by molar-refractivity contribution is 9.10. The molecule has 2 heterocycles. The van der Waals surface area contributed by atoms with Gasteiger partial charge in [-0.1, -0.05) is 13.3 Å². The summed E-state index contributed by atoms with van der Waals surface area (Å²) in [6.45, 7) is 6.57. The van der Waals surface area contributed by atoms with Gasteiger partial charge in [-0.15, -0.1) is 0 Å². The van der Waals surface area contributed by atoms with Gasteiger partial charge in [-0.05, 0) is 54.3 Å². The van der Waals surface area contributed by atoms with Crippen molar-refractivity contribution in [2.75, 3.05) is 19.6 Å². The molecular weight excluding hydrogens is 292 g/mol. The van der Waals surface area contributed by atoms with E-state index in [4.69, 9.17) is 4.42 Å². The Hall–Kier alpha value is -0.320.